The molecule has 0 aliphatic carbocycles. The molecule has 0 saturated heterocycles. The minimum absolute atomic E-state index is 0.0427. The summed E-state index contributed by atoms with van der Waals surface area (Å²) in [6, 6.07) is 10.7. The van der Waals surface area contributed by atoms with E-state index in [1.807, 2.05) is 0 Å². The Labute approximate surface area is 160 Å². The number of nitrogens with two attached hydrogens (primary N) is 2. The Kier molecular flexibility index (Phi) is 4.81. The Morgan fingerprint density at radius 1 is 0.750 bits per heavy atom. The molecule has 0 aliphatic rings. The third kappa shape index (κ3) is 3.94. The lowest BCUT2D eigenvalue weighted by Gasteiger charge is -2.10. The van der Waals surface area contributed by atoms with Crippen LogP contribution in [-0.4, -0.2) is 25.9 Å². The molecule has 28 heavy (non-hydrogen) atoms. The minimum Gasteiger partial charge on any atom is -0.399 e. The summed E-state index contributed by atoms with van der Waals surface area (Å²) < 4.78 is 64.9. The Morgan fingerprint density at radius 2 is 1.39 bits per heavy atom. The molecule has 3 aromatic rings. The molecular weight excluding hydrogens is 408 g/mol. The molecule has 0 fully saturated rings. The number of azo groups is 1. The van der Waals surface area contributed by atoms with E-state index >= 15 is 0 Å². The molecule has 0 spiro atoms. The predicted octanol–water partition coefficient (Wildman–Crippen LogP) is 2.91. The van der Waals surface area contributed by atoms with E-state index in [0.717, 1.165) is 6.07 Å². The van der Waals surface area contributed by atoms with Crippen LogP contribution < -0.4 is 11.5 Å². The van der Waals surface area contributed by atoms with E-state index in [2.05, 4.69) is 10.2 Å². The van der Waals surface area contributed by atoms with E-state index in [4.69, 9.17) is 11.5 Å². The van der Waals surface area contributed by atoms with Gasteiger partial charge in [-0.1, -0.05) is 6.07 Å². The van der Waals surface area contributed by atoms with Crippen LogP contribution in [0.4, 0.5) is 22.7 Å². The van der Waals surface area contributed by atoms with Crippen LogP contribution in [0.3, 0.4) is 0 Å². The molecule has 12 heteroatoms. The summed E-state index contributed by atoms with van der Waals surface area (Å²) in [4.78, 5) is -1.46. The molecule has 0 heterocycles. The number of hydrogen-bond donors (Lipinski definition) is 4. The summed E-state index contributed by atoms with van der Waals surface area (Å²) in [7, 11) is -9.56. The van der Waals surface area contributed by atoms with Crippen molar-refractivity contribution in [2.75, 3.05) is 11.5 Å². The molecule has 3 rings (SSSR count). The Bertz CT molecular complexity index is 1320. The highest BCUT2D eigenvalue weighted by Crippen LogP contribution is 2.36. The second-order valence-corrected chi connectivity index (χ2v) is 8.57. The number of benzene rings is 3. The van der Waals surface area contributed by atoms with Gasteiger partial charge in [-0.2, -0.15) is 21.9 Å². The Hall–Kier alpha value is -3.06. The summed E-state index contributed by atoms with van der Waals surface area (Å²) in [5.74, 6) is 0. The average molecular weight is 422 g/mol. The quantitative estimate of drug-likeness (QED) is 0.281. The number of anilines is 2. The van der Waals surface area contributed by atoms with Crippen molar-refractivity contribution in [2.24, 2.45) is 10.2 Å². The van der Waals surface area contributed by atoms with Crippen molar-refractivity contribution in [3.63, 3.8) is 0 Å². The van der Waals surface area contributed by atoms with Crippen LogP contribution in [-0.2, 0) is 20.2 Å². The van der Waals surface area contributed by atoms with Crippen LogP contribution >= 0.6 is 0 Å². The SMILES string of the molecule is Nc1ccc(N=Nc2ccc3c(S(=O)(=O)O)cc(S(=O)(=O)O)cc3c2N)cc1. The van der Waals surface area contributed by atoms with Gasteiger partial charge in [0.15, 0.2) is 0 Å². The lowest BCUT2D eigenvalue weighted by Crippen LogP contribution is -2.05. The molecule has 0 saturated carbocycles. The molecule has 0 atom stereocenters. The minimum atomic E-state index is -4.80. The van der Waals surface area contributed by atoms with Gasteiger partial charge in [0.2, 0.25) is 0 Å². The summed E-state index contributed by atoms with van der Waals surface area (Å²) >= 11 is 0. The largest absolute Gasteiger partial charge is 0.399 e. The first kappa shape index (κ1) is 19.7. The fourth-order valence-electron chi connectivity index (χ4n) is 2.49. The van der Waals surface area contributed by atoms with Crippen molar-refractivity contribution < 1.29 is 25.9 Å². The topological polar surface area (TPSA) is 186 Å². The smallest absolute Gasteiger partial charge is 0.295 e. The molecule has 3 aromatic carbocycles. The second-order valence-electron chi connectivity index (χ2n) is 5.76. The molecule has 0 bridgehead atoms. The zero-order valence-electron chi connectivity index (χ0n) is 14.0. The lowest BCUT2D eigenvalue weighted by atomic mass is 10.1. The van der Waals surface area contributed by atoms with E-state index in [1.54, 1.807) is 24.3 Å². The van der Waals surface area contributed by atoms with Gasteiger partial charge in [0.1, 0.15) is 10.6 Å². The number of fused-ring (bicyclic) bond motifs is 1. The molecule has 0 aliphatic heterocycles. The van der Waals surface area contributed by atoms with Gasteiger partial charge in [0.05, 0.1) is 16.3 Å². The van der Waals surface area contributed by atoms with Crippen LogP contribution in [0.25, 0.3) is 10.8 Å². The van der Waals surface area contributed by atoms with Gasteiger partial charge in [-0.15, -0.1) is 5.11 Å². The molecular formula is C16H14N4O6S2. The van der Waals surface area contributed by atoms with Crippen molar-refractivity contribution in [1.29, 1.82) is 0 Å². The van der Waals surface area contributed by atoms with Gasteiger partial charge in [0.25, 0.3) is 20.2 Å². The first-order valence-corrected chi connectivity index (χ1v) is 10.4. The highest BCUT2D eigenvalue weighted by Gasteiger charge is 2.22. The van der Waals surface area contributed by atoms with Crippen molar-refractivity contribution in [3.05, 3.63) is 48.5 Å². The number of hydrogen-bond acceptors (Lipinski definition) is 8. The molecule has 0 aromatic heterocycles. The number of nitrogen functional groups attached to an aromatic ring is 2. The highest BCUT2D eigenvalue weighted by molar-refractivity contribution is 7.86. The van der Waals surface area contributed by atoms with E-state index in [-0.39, 0.29) is 22.1 Å². The van der Waals surface area contributed by atoms with Gasteiger partial charge >= 0.3 is 0 Å². The van der Waals surface area contributed by atoms with Gasteiger partial charge in [0, 0.05) is 16.5 Å². The standard InChI is InChI=1S/C16H14N4O6S2/c17-9-1-3-10(4-2-9)19-20-14-6-5-12-13(16(14)18)7-11(27(21,22)23)8-15(12)28(24,25)26/h1-8H,17-18H2,(H,21,22,23)(H,24,25,26). The molecule has 0 unspecified atom stereocenters. The van der Waals surface area contributed by atoms with Crippen molar-refractivity contribution in [3.8, 4) is 0 Å². The molecule has 146 valence electrons. The number of nitrogens with zero attached hydrogens (tertiary/aromatic N) is 2. The van der Waals surface area contributed by atoms with Crippen LogP contribution in [0, 0.1) is 0 Å². The van der Waals surface area contributed by atoms with E-state index in [0.29, 0.717) is 17.4 Å². The second kappa shape index (κ2) is 6.83. The van der Waals surface area contributed by atoms with E-state index in [9.17, 15) is 25.9 Å². The third-order valence-corrected chi connectivity index (χ3v) is 5.56. The van der Waals surface area contributed by atoms with Crippen molar-refractivity contribution in [2.45, 2.75) is 9.79 Å². The average Bonchev–Trinajstić information content (AvgIpc) is 2.60. The summed E-state index contributed by atoms with van der Waals surface area (Å²) in [5.41, 5.74) is 12.6. The fourth-order valence-corrected chi connectivity index (χ4v) is 3.83. The van der Waals surface area contributed by atoms with E-state index in [1.165, 1.54) is 12.1 Å². The Morgan fingerprint density at radius 3 is 1.96 bits per heavy atom. The maximum absolute atomic E-state index is 11.6. The van der Waals surface area contributed by atoms with Gasteiger partial charge in [-0.3, -0.25) is 9.11 Å². The summed E-state index contributed by atoms with van der Waals surface area (Å²) in [6.45, 7) is 0. The van der Waals surface area contributed by atoms with Gasteiger partial charge in [-0.05, 0) is 42.5 Å². The highest BCUT2D eigenvalue weighted by atomic mass is 32.2. The van der Waals surface area contributed by atoms with Gasteiger partial charge < -0.3 is 11.5 Å². The third-order valence-electron chi connectivity index (χ3n) is 3.83. The maximum atomic E-state index is 11.6. The fraction of sp³-hybridized carbons (Fsp3) is 0. The summed E-state index contributed by atoms with van der Waals surface area (Å²) in [6.07, 6.45) is 0. The van der Waals surface area contributed by atoms with Crippen LogP contribution in [0.2, 0.25) is 0 Å². The normalized spacial score (nSPS) is 12.6. The molecule has 6 N–H and O–H groups in total. The maximum Gasteiger partial charge on any atom is 0.295 e. The zero-order valence-corrected chi connectivity index (χ0v) is 15.6. The lowest BCUT2D eigenvalue weighted by molar-refractivity contribution is 0.482. The monoisotopic (exact) mass is 422 g/mol. The van der Waals surface area contributed by atoms with Crippen LogP contribution in [0.1, 0.15) is 0 Å². The predicted molar refractivity (Wildman–Crippen MR) is 103 cm³/mol. The molecule has 0 amide bonds. The Balaban J connectivity index is 2.23. The zero-order chi connectivity index (χ0) is 20.7. The molecule has 0 radical (unpaired) electrons. The summed E-state index contributed by atoms with van der Waals surface area (Å²) in [5, 5.41) is 7.87. The molecule has 10 nitrogen and oxygen atoms in total. The number of rotatable bonds is 4. The van der Waals surface area contributed by atoms with Crippen LogP contribution in [0.5, 0.6) is 0 Å². The van der Waals surface area contributed by atoms with Crippen molar-refractivity contribution in [1.82, 2.24) is 0 Å². The van der Waals surface area contributed by atoms with Gasteiger partial charge in [-0.25, -0.2) is 0 Å². The van der Waals surface area contributed by atoms with Crippen molar-refractivity contribution >= 4 is 53.8 Å². The first-order valence-electron chi connectivity index (χ1n) is 7.55. The van der Waals surface area contributed by atoms with E-state index < -0.39 is 30.0 Å². The van der Waals surface area contributed by atoms with Crippen LogP contribution in [0.15, 0.2) is 68.6 Å². The first-order chi connectivity index (χ1) is 13.0.